The van der Waals surface area contributed by atoms with Crippen molar-refractivity contribution < 1.29 is 4.79 Å². The van der Waals surface area contributed by atoms with Crippen molar-refractivity contribution >= 4 is 39.8 Å². The van der Waals surface area contributed by atoms with Gasteiger partial charge >= 0.3 is 0 Å². The normalized spacial score (nSPS) is 12.4. The van der Waals surface area contributed by atoms with Gasteiger partial charge in [0, 0.05) is 11.4 Å². The van der Waals surface area contributed by atoms with Crippen LogP contribution in [-0.2, 0) is 4.79 Å². The predicted octanol–water partition coefficient (Wildman–Crippen LogP) is 4.31. The number of carbonyl (C=O) groups is 1. The van der Waals surface area contributed by atoms with Crippen molar-refractivity contribution in [1.82, 2.24) is 0 Å². The van der Waals surface area contributed by atoms with E-state index in [0.717, 1.165) is 5.69 Å². The van der Waals surface area contributed by atoms with Crippen LogP contribution in [0.15, 0.2) is 29.4 Å². The number of benzene rings is 1. The standard InChI is InChI=1S/C13H16Cl2N2O/c1-13(2,3)8-11(18)12(15)17-16-10-6-4-9(14)5-7-10/h4-7,16H,8H2,1-3H3/b17-12-. The summed E-state index contributed by atoms with van der Waals surface area (Å²) in [7, 11) is 0. The van der Waals surface area contributed by atoms with E-state index in [9.17, 15) is 4.79 Å². The van der Waals surface area contributed by atoms with Crippen molar-refractivity contribution in [2.45, 2.75) is 27.2 Å². The highest BCUT2D eigenvalue weighted by atomic mass is 35.5. The molecule has 0 fully saturated rings. The topological polar surface area (TPSA) is 41.5 Å². The van der Waals surface area contributed by atoms with Crippen molar-refractivity contribution in [1.29, 1.82) is 0 Å². The van der Waals surface area contributed by atoms with Gasteiger partial charge in [-0.3, -0.25) is 10.2 Å². The van der Waals surface area contributed by atoms with E-state index in [4.69, 9.17) is 23.2 Å². The van der Waals surface area contributed by atoms with E-state index in [0.29, 0.717) is 11.4 Å². The van der Waals surface area contributed by atoms with Gasteiger partial charge < -0.3 is 0 Å². The van der Waals surface area contributed by atoms with E-state index in [1.807, 2.05) is 20.8 Å². The molecule has 0 aliphatic rings. The first-order chi connectivity index (χ1) is 8.28. The molecule has 0 aliphatic heterocycles. The van der Waals surface area contributed by atoms with E-state index in [2.05, 4.69) is 10.5 Å². The monoisotopic (exact) mass is 286 g/mol. The van der Waals surface area contributed by atoms with Crippen LogP contribution in [0.4, 0.5) is 5.69 Å². The molecule has 5 heteroatoms. The second kappa shape index (κ2) is 6.21. The number of Topliss-reactive ketones (excluding diaryl/α,β-unsaturated/α-hetero) is 1. The van der Waals surface area contributed by atoms with E-state index in [1.165, 1.54) is 0 Å². The summed E-state index contributed by atoms with van der Waals surface area (Å²) in [6.45, 7) is 5.92. The lowest BCUT2D eigenvalue weighted by Gasteiger charge is -2.15. The number of halogens is 2. The number of rotatable bonds is 4. The van der Waals surface area contributed by atoms with Crippen LogP contribution < -0.4 is 5.43 Å². The summed E-state index contributed by atoms with van der Waals surface area (Å²) in [5, 5.41) is 4.44. The highest BCUT2D eigenvalue weighted by Crippen LogP contribution is 2.20. The van der Waals surface area contributed by atoms with Crippen LogP contribution in [0.2, 0.25) is 5.02 Å². The number of nitrogens with zero attached hydrogens (tertiary/aromatic N) is 1. The first-order valence-electron chi connectivity index (χ1n) is 5.56. The zero-order valence-electron chi connectivity index (χ0n) is 10.6. The lowest BCUT2D eigenvalue weighted by Crippen LogP contribution is -2.18. The Morgan fingerprint density at radius 1 is 1.28 bits per heavy atom. The number of anilines is 1. The van der Waals surface area contributed by atoms with Crippen molar-refractivity contribution in [2.75, 3.05) is 5.43 Å². The van der Waals surface area contributed by atoms with Gasteiger partial charge in [-0.1, -0.05) is 44.0 Å². The summed E-state index contributed by atoms with van der Waals surface area (Å²) < 4.78 is 0. The van der Waals surface area contributed by atoms with Crippen LogP contribution in [0.3, 0.4) is 0 Å². The number of ketones is 1. The molecule has 0 aromatic heterocycles. The van der Waals surface area contributed by atoms with Gasteiger partial charge in [-0.2, -0.15) is 5.10 Å². The third-order valence-corrected chi connectivity index (χ3v) is 2.60. The maximum absolute atomic E-state index is 11.7. The molecule has 3 nitrogen and oxygen atoms in total. The highest BCUT2D eigenvalue weighted by Gasteiger charge is 2.19. The van der Waals surface area contributed by atoms with Crippen LogP contribution in [0.5, 0.6) is 0 Å². The maximum atomic E-state index is 11.7. The Labute approximate surface area is 117 Å². The molecular weight excluding hydrogens is 271 g/mol. The zero-order valence-corrected chi connectivity index (χ0v) is 12.1. The van der Waals surface area contributed by atoms with Crippen LogP contribution in [0.25, 0.3) is 0 Å². The molecule has 0 aliphatic carbocycles. The quantitative estimate of drug-likeness (QED) is 0.662. The van der Waals surface area contributed by atoms with Gasteiger partial charge in [0.05, 0.1) is 5.69 Å². The number of nitrogens with one attached hydrogen (secondary N) is 1. The number of hydrazone groups is 1. The highest BCUT2D eigenvalue weighted by molar-refractivity contribution is 6.83. The Bertz CT molecular complexity index is 447. The molecule has 1 aromatic carbocycles. The van der Waals surface area contributed by atoms with Crippen molar-refractivity contribution in [3.8, 4) is 0 Å². The lowest BCUT2D eigenvalue weighted by molar-refractivity contribution is -0.114. The summed E-state index contributed by atoms with van der Waals surface area (Å²) in [5.41, 5.74) is 3.33. The molecule has 0 spiro atoms. The molecule has 98 valence electrons. The number of hydrogen-bond acceptors (Lipinski definition) is 3. The molecule has 0 unspecified atom stereocenters. The average molecular weight is 287 g/mol. The Kier molecular flexibility index (Phi) is 5.17. The summed E-state index contributed by atoms with van der Waals surface area (Å²) in [5.74, 6) is -0.175. The molecule has 18 heavy (non-hydrogen) atoms. The Morgan fingerprint density at radius 3 is 2.33 bits per heavy atom. The minimum Gasteiger partial charge on any atom is -0.291 e. The third kappa shape index (κ3) is 5.52. The zero-order chi connectivity index (χ0) is 13.8. The van der Waals surface area contributed by atoms with Crippen LogP contribution >= 0.6 is 23.2 Å². The minimum atomic E-state index is -0.175. The molecule has 0 bridgehead atoms. The van der Waals surface area contributed by atoms with E-state index in [-0.39, 0.29) is 16.4 Å². The maximum Gasteiger partial charge on any atom is 0.195 e. The lowest BCUT2D eigenvalue weighted by atomic mass is 9.90. The first-order valence-corrected chi connectivity index (χ1v) is 6.31. The molecule has 0 radical (unpaired) electrons. The van der Waals surface area contributed by atoms with Crippen molar-refractivity contribution in [2.24, 2.45) is 10.5 Å². The van der Waals surface area contributed by atoms with E-state index < -0.39 is 0 Å². The average Bonchev–Trinajstić information content (AvgIpc) is 2.25. The van der Waals surface area contributed by atoms with Gasteiger partial charge in [0.2, 0.25) is 0 Å². The fraction of sp³-hybridized carbons (Fsp3) is 0.385. The fourth-order valence-corrected chi connectivity index (χ4v) is 1.49. The van der Waals surface area contributed by atoms with E-state index in [1.54, 1.807) is 24.3 Å². The molecule has 0 saturated heterocycles. The van der Waals surface area contributed by atoms with Gasteiger partial charge in [-0.05, 0) is 29.7 Å². The SMILES string of the molecule is CC(C)(C)CC(=O)/C(Cl)=N/Nc1ccc(Cl)cc1. The summed E-state index contributed by atoms with van der Waals surface area (Å²) in [6.07, 6.45) is 0.359. The van der Waals surface area contributed by atoms with Gasteiger partial charge in [0.25, 0.3) is 0 Å². The second-order valence-corrected chi connectivity index (χ2v) is 5.98. The molecule has 0 heterocycles. The number of carbonyl (C=O) groups excluding carboxylic acids is 1. The Balaban J connectivity index is 2.61. The van der Waals surface area contributed by atoms with Crippen LogP contribution in [-0.4, -0.2) is 11.0 Å². The van der Waals surface area contributed by atoms with E-state index >= 15 is 0 Å². The van der Waals surface area contributed by atoms with Gasteiger partial charge in [-0.15, -0.1) is 0 Å². The molecule has 0 amide bonds. The molecule has 1 N–H and O–H groups in total. The summed E-state index contributed by atoms with van der Waals surface area (Å²) in [6, 6.07) is 6.96. The smallest absolute Gasteiger partial charge is 0.195 e. The third-order valence-electron chi connectivity index (χ3n) is 2.05. The molecule has 1 aromatic rings. The Hall–Kier alpha value is -1.06. The van der Waals surface area contributed by atoms with Gasteiger partial charge in [-0.25, -0.2) is 0 Å². The van der Waals surface area contributed by atoms with Crippen LogP contribution in [0.1, 0.15) is 27.2 Å². The van der Waals surface area contributed by atoms with Crippen molar-refractivity contribution in [3.05, 3.63) is 29.3 Å². The van der Waals surface area contributed by atoms with Crippen molar-refractivity contribution in [3.63, 3.8) is 0 Å². The minimum absolute atomic E-state index is 0.0418. The van der Waals surface area contributed by atoms with Gasteiger partial charge in [0.1, 0.15) is 0 Å². The first kappa shape index (κ1) is 15.0. The largest absolute Gasteiger partial charge is 0.291 e. The molecule has 1 rings (SSSR count). The summed E-state index contributed by atoms with van der Waals surface area (Å²) >= 11 is 11.6. The summed E-state index contributed by atoms with van der Waals surface area (Å²) in [4.78, 5) is 11.7. The number of hydrogen-bond donors (Lipinski definition) is 1. The second-order valence-electron chi connectivity index (χ2n) is 5.18. The van der Waals surface area contributed by atoms with Gasteiger partial charge in [0.15, 0.2) is 11.0 Å². The molecule has 0 saturated carbocycles. The molecule has 0 atom stereocenters. The Morgan fingerprint density at radius 2 is 1.83 bits per heavy atom. The predicted molar refractivity (Wildman–Crippen MR) is 77.4 cm³/mol. The molecular formula is C13H16Cl2N2O. The fourth-order valence-electron chi connectivity index (χ4n) is 1.26. The van der Waals surface area contributed by atoms with Crippen LogP contribution in [0, 0.1) is 5.41 Å².